The van der Waals surface area contributed by atoms with Crippen LogP contribution in [0.1, 0.15) is 25.7 Å². The smallest absolute Gasteiger partial charge is 0.367 e. The minimum Gasteiger partial charge on any atom is -0.367 e. The van der Waals surface area contributed by atoms with Crippen molar-refractivity contribution in [2.75, 3.05) is 13.1 Å². The third kappa shape index (κ3) is 2.45. The number of nitrogens with zero attached hydrogens (tertiary/aromatic N) is 1. The number of piperidine rings is 1. The first kappa shape index (κ1) is 15.6. The van der Waals surface area contributed by atoms with Gasteiger partial charge in [0.2, 0.25) is 0 Å². The zero-order chi connectivity index (χ0) is 14.5. The van der Waals surface area contributed by atoms with Gasteiger partial charge in [0.25, 0.3) is 5.08 Å². The van der Waals surface area contributed by atoms with Crippen LogP contribution in [-0.2, 0) is 9.13 Å². The van der Waals surface area contributed by atoms with Crippen molar-refractivity contribution in [3.63, 3.8) is 0 Å². The summed E-state index contributed by atoms with van der Waals surface area (Å²) in [5.74, 6) is -1.11. The summed E-state index contributed by atoms with van der Waals surface area (Å²) in [4.78, 5) is 39.1. The Balaban J connectivity index is 2.44. The van der Waals surface area contributed by atoms with E-state index in [1.165, 1.54) is 0 Å². The van der Waals surface area contributed by atoms with Crippen molar-refractivity contribution in [1.29, 1.82) is 0 Å². The first-order valence-corrected chi connectivity index (χ1v) is 9.39. The topological polar surface area (TPSA) is 139 Å². The van der Waals surface area contributed by atoms with Gasteiger partial charge in [-0.3, -0.25) is 14.0 Å². The molecule has 2 aliphatic heterocycles. The van der Waals surface area contributed by atoms with Gasteiger partial charge >= 0.3 is 15.2 Å². The van der Waals surface area contributed by atoms with Gasteiger partial charge in [-0.05, 0) is 38.8 Å². The van der Waals surface area contributed by atoms with E-state index in [4.69, 9.17) is 0 Å². The second-order valence-electron chi connectivity index (χ2n) is 5.27. The molecule has 112 valence electrons. The van der Waals surface area contributed by atoms with Crippen LogP contribution in [0.4, 0.5) is 0 Å². The first-order valence-electron chi connectivity index (χ1n) is 6.17. The molecule has 10 heteroatoms. The number of hydrogen-bond acceptors (Lipinski definition) is 4. The fourth-order valence-electron chi connectivity index (χ4n) is 3.35. The largest absolute Gasteiger partial charge is 0.369 e. The van der Waals surface area contributed by atoms with Gasteiger partial charge in [-0.1, -0.05) is 0 Å². The average Bonchev–Trinajstić information content (AvgIpc) is 2.72. The van der Waals surface area contributed by atoms with Crippen molar-refractivity contribution < 1.29 is 33.8 Å². The molecule has 0 aromatic rings. The van der Waals surface area contributed by atoms with Crippen LogP contribution >= 0.6 is 15.2 Å². The summed E-state index contributed by atoms with van der Waals surface area (Å²) >= 11 is 0. The van der Waals surface area contributed by atoms with Gasteiger partial charge in [-0.2, -0.15) is 0 Å². The van der Waals surface area contributed by atoms with E-state index in [1.54, 1.807) is 0 Å². The molecule has 2 fully saturated rings. The molecule has 19 heavy (non-hydrogen) atoms. The minimum atomic E-state index is -5.36. The number of rotatable bonds is 3. The van der Waals surface area contributed by atoms with Gasteiger partial charge in [-0.25, -0.2) is 0 Å². The quantitative estimate of drug-likeness (QED) is 0.454. The van der Waals surface area contributed by atoms with Crippen LogP contribution in [0.3, 0.4) is 0 Å². The molecule has 8 nitrogen and oxygen atoms in total. The Kier molecular flexibility index (Phi) is 4.02. The molecular weight excluding hydrogens is 296 g/mol. The van der Waals surface area contributed by atoms with E-state index in [0.29, 0.717) is 12.8 Å². The molecular formula is C9H19NO7P2. The van der Waals surface area contributed by atoms with E-state index < -0.39 is 26.2 Å². The number of hydrogen-bond donors (Lipinski definition) is 5. The van der Waals surface area contributed by atoms with Gasteiger partial charge in [0.05, 0.1) is 0 Å². The predicted molar refractivity (Wildman–Crippen MR) is 66.4 cm³/mol. The molecule has 2 atom stereocenters. The van der Waals surface area contributed by atoms with Crippen molar-refractivity contribution in [1.82, 2.24) is 4.90 Å². The van der Waals surface area contributed by atoms with E-state index in [-0.39, 0.29) is 12.5 Å². The summed E-state index contributed by atoms with van der Waals surface area (Å²) in [7, 11) is -10.7. The lowest BCUT2D eigenvalue weighted by atomic mass is 9.89. The Labute approximate surface area is 110 Å². The minimum absolute atomic E-state index is 0.202. The monoisotopic (exact) mass is 315 g/mol. The molecule has 0 aliphatic carbocycles. The normalized spacial score (nSPS) is 30.4. The van der Waals surface area contributed by atoms with Crippen LogP contribution < -0.4 is 0 Å². The lowest BCUT2D eigenvalue weighted by Crippen LogP contribution is -2.51. The van der Waals surface area contributed by atoms with Crippen molar-refractivity contribution in [3.05, 3.63) is 0 Å². The van der Waals surface area contributed by atoms with Crippen LogP contribution in [0.25, 0.3) is 0 Å². The number of aliphatic hydroxyl groups is 1. The predicted octanol–water partition coefficient (Wildman–Crippen LogP) is -0.138. The zero-order valence-corrected chi connectivity index (χ0v) is 12.1. The van der Waals surface area contributed by atoms with Crippen molar-refractivity contribution in [3.8, 4) is 0 Å². The van der Waals surface area contributed by atoms with Crippen molar-refractivity contribution >= 4 is 15.2 Å². The van der Waals surface area contributed by atoms with Gasteiger partial charge < -0.3 is 24.7 Å². The van der Waals surface area contributed by atoms with E-state index in [0.717, 1.165) is 19.5 Å². The molecule has 0 aromatic carbocycles. The highest BCUT2D eigenvalue weighted by molar-refractivity contribution is 7.72. The highest BCUT2D eigenvalue weighted by Crippen LogP contribution is 2.72. The summed E-state index contributed by atoms with van der Waals surface area (Å²) < 4.78 is 23.0. The van der Waals surface area contributed by atoms with Gasteiger partial charge in [0.15, 0.2) is 0 Å². The molecule has 2 heterocycles. The van der Waals surface area contributed by atoms with E-state index in [1.807, 2.05) is 4.90 Å². The average molecular weight is 315 g/mol. The highest BCUT2D eigenvalue weighted by Gasteiger charge is 2.66. The van der Waals surface area contributed by atoms with Crippen LogP contribution in [0.2, 0.25) is 0 Å². The summed E-state index contributed by atoms with van der Waals surface area (Å²) in [5, 5.41) is 6.93. The van der Waals surface area contributed by atoms with E-state index in [9.17, 15) is 33.8 Å². The van der Waals surface area contributed by atoms with Gasteiger partial charge in [-0.15, -0.1) is 0 Å². The molecule has 2 aliphatic rings. The van der Waals surface area contributed by atoms with Crippen molar-refractivity contribution in [2.24, 2.45) is 5.92 Å². The Morgan fingerprint density at radius 2 is 1.42 bits per heavy atom. The molecule has 0 amide bonds. The first-order chi connectivity index (χ1) is 8.59. The lowest BCUT2D eigenvalue weighted by Gasteiger charge is -2.45. The SMILES string of the molecule is O=P(O)(O)C(O)([C@@H]1CCCN2CCCC12)P(=O)(O)O. The molecule has 0 bridgehead atoms. The fourth-order valence-corrected chi connectivity index (χ4v) is 6.17. The van der Waals surface area contributed by atoms with Crippen LogP contribution in [-0.4, -0.2) is 53.8 Å². The highest BCUT2D eigenvalue weighted by atomic mass is 31.2. The third-order valence-electron chi connectivity index (χ3n) is 4.19. The lowest BCUT2D eigenvalue weighted by molar-refractivity contribution is 0.0110. The van der Waals surface area contributed by atoms with Gasteiger partial charge in [0, 0.05) is 12.0 Å². The summed E-state index contributed by atoms with van der Waals surface area (Å²) in [6.07, 6.45) is 2.16. The maximum Gasteiger partial charge on any atom is 0.369 e. The Morgan fingerprint density at radius 1 is 0.947 bits per heavy atom. The molecule has 0 spiro atoms. The van der Waals surface area contributed by atoms with Crippen LogP contribution in [0, 0.1) is 5.92 Å². The maximum atomic E-state index is 11.5. The Bertz CT molecular complexity index is 422. The third-order valence-corrected chi connectivity index (χ3v) is 8.14. The maximum absolute atomic E-state index is 11.5. The molecule has 5 N–H and O–H groups in total. The standard InChI is InChI=1S/C9H19NO7P2/c11-9(18(12,13)14,19(15,16)17)7-3-1-5-10-6-2-4-8(7)10/h7-8,11H,1-6H2,(H2,12,13,14)(H2,15,16,17)/t7-,8?/m1/s1. The summed E-state index contributed by atoms with van der Waals surface area (Å²) in [6.45, 7) is 1.47. The van der Waals surface area contributed by atoms with Gasteiger partial charge in [0.1, 0.15) is 0 Å². The molecule has 0 radical (unpaired) electrons. The second-order valence-corrected chi connectivity index (χ2v) is 9.16. The molecule has 1 unspecified atom stereocenters. The van der Waals surface area contributed by atoms with Crippen LogP contribution in [0.5, 0.6) is 0 Å². The van der Waals surface area contributed by atoms with E-state index in [2.05, 4.69) is 0 Å². The fraction of sp³-hybridized carbons (Fsp3) is 1.00. The second kappa shape index (κ2) is 4.90. The molecule has 2 rings (SSSR count). The summed E-state index contributed by atoms with van der Waals surface area (Å²) in [6, 6.07) is -0.376. The molecule has 2 saturated heterocycles. The Morgan fingerprint density at radius 3 is 1.89 bits per heavy atom. The number of fused-ring (bicyclic) bond motifs is 1. The Hall–Kier alpha value is 0.220. The zero-order valence-electron chi connectivity index (χ0n) is 10.3. The molecule has 0 aromatic heterocycles. The van der Waals surface area contributed by atoms with Crippen LogP contribution in [0.15, 0.2) is 0 Å². The summed E-state index contributed by atoms with van der Waals surface area (Å²) in [5.41, 5.74) is 0. The van der Waals surface area contributed by atoms with Crippen molar-refractivity contribution in [2.45, 2.75) is 36.8 Å². The molecule has 0 saturated carbocycles. The van der Waals surface area contributed by atoms with E-state index >= 15 is 0 Å².